The van der Waals surface area contributed by atoms with Crippen molar-refractivity contribution in [3.8, 4) is 5.75 Å². The van der Waals surface area contributed by atoms with Crippen molar-refractivity contribution in [2.45, 2.75) is 25.6 Å². The second-order valence-electron chi connectivity index (χ2n) is 7.79. The summed E-state index contributed by atoms with van der Waals surface area (Å²) in [6.45, 7) is -3.63. The minimum Gasteiger partial charge on any atom is -0.459 e. The highest BCUT2D eigenvalue weighted by molar-refractivity contribution is 6.05. The number of imide groups is 1. The van der Waals surface area contributed by atoms with Gasteiger partial charge in [-0.15, -0.1) is 0 Å². The van der Waals surface area contributed by atoms with Gasteiger partial charge in [0.1, 0.15) is 11.8 Å². The Bertz CT molecular complexity index is 1260. The number of esters is 1. The molecule has 1 unspecified atom stereocenters. The Balaban J connectivity index is 1.38. The first-order valence-corrected chi connectivity index (χ1v) is 10.8. The van der Waals surface area contributed by atoms with Crippen LogP contribution in [0.15, 0.2) is 71.3 Å². The summed E-state index contributed by atoms with van der Waals surface area (Å²) in [6, 6.07) is 14.1. The quantitative estimate of drug-likeness (QED) is 0.498. The molecule has 1 atom stereocenters. The lowest BCUT2D eigenvalue weighted by Crippen LogP contribution is -2.49. The SMILES string of the molecule is O=C(COC(=O)C1Cc2ccccc2CN1C(=O)c1ccco1)NC(=O)c1ccc(OC(F)F)cc1. The predicted octanol–water partition coefficient (Wildman–Crippen LogP) is 2.95. The van der Waals surface area contributed by atoms with Gasteiger partial charge in [0.15, 0.2) is 12.4 Å². The maximum atomic E-state index is 13.0. The van der Waals surface area contributed by atoms with E-state index in [1.165, 1.54) is 29.4 Å². The molecule has 1 N–H and O–H groups in total. The molecule has 36 heavy (non-hydrogen) atoms. The van der Waals surface area contributed by atoms with Crippen LogP contribution in [0.2, 0.25) is 0 Å². The summed E-state index contributed by atoms with van der Waals surface area (Å²) in [5.41, 5.74) is 1.74. The zero-order valence-corrected chi connectivity index (χ0v) is 18.7. The number of fused-ring (bicyclic) bond motifs is 1. The summed E-state index contributed by atoms with van der Waals surface area (Å²) >= 11 is 0. The number of benzene rings is 2. The molecule has 0 aliphatic carbocycles. The molecule has 11 heteroatoms. The summed E-state index contributed by atoms with van der Waals surface area (Å²) in [5.74, 6) is -3.14. The molecule has 2 aromatic carbocycles. The van der Waals surface area contributed by atoms with Gasteiger partial charge in [0, 0.05) is 18.5 Å². The van der Waals surface area contributed by atoms with E-state index in [1.807, 2.05) is 29.6 Å². The fourth-order valence-electron chi connectivity index (χ4n) is 3.74. The molecule has 3 aromatic rings. The lowest BCUT2D eigenvalue weighted by molar-refractivity contribution is -0.153. The van der Waals surface area contributed by atoms with Gasteiger partial charge in [0.2, 0.25) is 0 Å². The lowest BCUT2D eigenvalue weighted by Gasteiger charge is -2.34. The molecule has 0 spiro atoms. The van der Waals surface area contributed by atoms with Crippen molar-refractivity contribution in [2.24, 2.45) is 0 Å². The number of rotatable bonds is 7. The van der Waals surface area contributed by atoms with Crippen molar-refractivity contribution in [3.05, 3.63) is 89.4 Å². The van der Waals surface area contributed by atoms with Crippen molar-refractivity contribution in [2.75, 3.05) is 6.61 Å². The highest BCUT2D eigenvalue weighted by atomic mass is 19.3. The molecule has 186 valence electrons. The number of carbonyl (C=O) groups excluding carboxylic acids is 4. The van der Waals surface area contributed by atoms with Crippen LogP contribution in [0, 0.1) is 0 Å². The van der Waals surface area contributed by atoms with Crippen molar-refractivity contribution in [1.82, 2.24) is 10.2 Å². The molecule has 9 nitrogen and oxygen atoms in total. The summed E-state index contributed by atoms with van der Waals surface area (Å²) in [5, 5.41) is 2.05. The number of hydrogen-bond donors (Lipinski definition) is 1. The predicted molar refractivity (Wildman–Crippen MR) is 119 cm³/mol. The smallest absolute Gasteiger partial charge is 0.387 e. The van der Waals surface area contributed by atoms with E-state index in [0.717, 1.165) is 23.3 Å². The molecule has 4 rings (SSSR count). The number of nitrogens with one attached hydrogen (secondary N) is 1. The number of nitrogens with zero attached hydrogens (tertiary/aromatic N) is 1. The van der Waals surface area contributed by atoms with Gasteiger partial charge in [-0.3, -0.25) is 19.7 Å². The van der Waals surface area contributed by atoms with E-state index < -0.39 is 43.0 Å². The minimum atomic E-state index is -3.01. The fourth-order valence-corrected chi connectivity index (χ4v) is 3.74. The first kappa shape index (κ1) is 24.6. The van der Waals surface area contributed by atoms with Crippen molar-refractivity contribution in [3.63, 3.8) is 0 Å². The third-order valence-electron chi connectivity index (χ3n) is 5.45. The van der Waals surface area contributed by atoms with Crippen molar-refractivity contribution >= 4 is 23.7 Å². The van der Waals surface area contributed by atoms with Gasteiger partial charge in [-0.1, -0.05) is 24.3 Å². The number of ether oxygens (including phenoxy) is 2. The van der Waals surface area contributed by atoms with Gasteiger partial charge in [0.05, 0.1) is 6.26 Å². The van der Waals surface area contributed by atoms with E-state index in [2.05, 4.69) is 4.74 Å². The van der Waals surface area contributed by atoms with Gasteiger partial charge in [-0.25, -0.2) is 4.79 Å². The van der Waals surface area contributed by atoms with Crippen molar-refractivity contribution in [1.29, 1.82) is 0 Å². The van der Waals surface area contributed by atoms with Crippen LogP contribution in [0.1, 0.15) is 32.0 Å². The normalized spacial score (nSPS) is 14.6. The van der Waals surface area contributed by atoms with Gasteiger partial charge in [0.25, 0.3) is 17.7 Å². The summed E-state index contributed by atoms with van der Waals surface area (Å²) in [7, 11) is 0. The first-order valence-electron chi connectivity index (χ1n) is 10.8. The molecule has 0 saturated heterocycles. The van der Waals surface area contributed by atoms with Gasteiger partial charge in [-0.05, 0) is 47.5 Å². The van der Waals surface area contributed by atoms with E-state index >= 15 is 0 Å². The lowest BCUT2D eigenvalue weighted by atomic mass is 9.93. The Morgan fingerprint density at radius 1 is 1.00 bits per heavy atom. The molecule has 2 heterocycles. The molecule has 1 aliphatic rings. The number of amides is 3. The zero-order chi connectivity index (χ0) is 25.7. The molecule has 0 fully saturated rings. The molecule has 0 bridgehead atoms. The highest BCUT2D eigenvalue weighted by Gasteiger charge is 2.37. The Labute approximate surface area is 203 Å². The topological polar surface area (TPSA) is 115 Å². The maximum absolute atomic E-state index is 13.0. The third kappa shape index (κ3) is 5.74. The maximum Gasteiger partial charge on any atom is 0.387 e. The average Bonchev–Trinajstić information content (AvgIpc) is 3.41. The van der Waals surface area contributed by atoms with E-state index in [4.69, 9.17) is 9.15 Å². The Morgan fingerprint density at radius 2 is 1.72 bits per heavy atom. The van der Waals surface area contributed by atoms with Crippen LogP contribution < -0.4 is 10.1 Å². The van der Waals surface area contributed by atoms with E-state index in [1.54, 1.807) is 6.07 Å². The van der Waals surface area contributed by atoms with Crippen LogP contribution in [0.4, 0.5) is 8.78 Å². The highest BCUT2D eigenvalue weighted by Crippen LogP contribution is 2.26. The number of halogens is 2. The van der Waals surface area contributed by atoms with Gasteiger partial charge < -0.3 is 18.8 Å². The zero-order valence-electron chi connectivity index (χ0n) is 18.7. The molecule has 1 aromatic heterocycles. The molecule has 0 saturated carbocycles. The first-order chi connectivity index (χ1) is 17.3. The van der Waals surface area contributed by atoms with Crippen LogP contribution in [-0.2, 0) is 27.3 Å². The van der Waals surface area contributed by atoms with Crippen LogP contribution in [0.25, 0.3) is 0 Å². The van der Waals surface area contributed by atoms with Crippen molar-refractivity contribution < 1.29 is 41.8 Å². The molecule has 1 aliphatic heterocycles. The summed E-state index contributed by atoms with van der Waals surface area (Å²) in [6.07, 6.45) is 1.52. The number of hydrogen-bond acceptors (Lipinski definition) is 7. The second kappa shape index (κ2) is 10.8. The van der Waals surface area contributed by atoms with Gasteiger partial charge >= 0.3 is 12.6 Å². The van der Waals surface area contributed by atoms with Crippen LogP contribution in [0.3, 0.4) is 0 Å². The molecule has 0 radical (unpaired) electrons. The standard InChI is InChI=1S/C25H20F2N2O7/c26-25(27)36-18-9-7-15(8-10-18)22(31)28-21(30)14-35-24(33)19-12-16-4-1-2-5-17(16)13-29(19)23(32)20-6-3-11-34-20/h1-11,19,25H,12-14H2,(H,28,30,31). The average molecular weight is 498 g/mol. The molecular weight excluding hydrogens is 478 g/mol. The minimum absolute atomic E-state index is 0.00963. The largest absolute Gasteiger partial charge is 0.459 e. The Kier molecular flexibility index (Phi) is 7.38. The van der Waals surface area contributed by atoms with Crippen LogP contribution in [-0.4, -0.2) is 47.9 Å². The number of carbonyl (C=O) groups is 4. The Morgan fingerprint density at radius 3 is 2.39 bits per heavy atom. The summed E-state index contributed by atoms with van der Waals surface area (Å²) in [4.78, 5) is 51.6. The van der Waals surface area contributed by atoms with E-state index in [9.17, 15) is 28.0 Å². The number of alkyl halides is 2. The molecule has 3 amide bonds. The van der Waals surface area contributed by atoms with Gasteiger partial charge in [-0.2, -0.15) is 8.78 Å². The van der Waals surface area contributed by atoms with Crippen LogP contribution in [0.5, 0.6) is 5.75 Å². The fraction of sp³-hybridized carbons (Fsp3) is 0.200. The summed E-state index contributed by atoms with van der Waals surface area (Å²) < 4.78 is 39.0. The van der Waals surface area contributed by atoms with E-state index in [-0.39, 0.29) is 30.0 Å². The number of furan rings is 1. The third-order valence-corrected chi connectivity index (χ3v) is 5.45. The Hall–Kier alpha value is -4.54. The van der Waals surface area contributed by atoms with E-state index in [0.29, 0.717) is 0 Å². The second-order valence-corrected chi connectivity index (χ2v) is 7.79. The molecular formula is C25H20F2N2O7. The monoisotopic (exact) mass is 498 g/mol. The van der Waals surface area contributed by atoms with Crippen LogP contribution >= 0.6 is 0 Å².